The van der Waals surface area contributed by atoms with Crippen molar-refractivity contribution in [3.8, 4) is 0 Å². The zero-order valence-corrected chi connectivity index (χ0v) is 59.9. The Morgan fingerprint density at radius 1 is 0.0897 bits per heavy atom. The number of hydrogen-bond acceptors (Lipinski definition) is 0. The van der Waals surface area contributed by atoms with E-state index in [1.807, 2.05) is 0 Å². The van der Waals surface area contributed by atoms with Crippen LogP contribution in [0.15, 0.2) is 0 Å². The highest BCUT2D eigenvalue weighted by Crippen LogP contribution is 2.65. The zero-order chi connectivity index (χ0) is 59.0. The van der Waals surface area contributed by atoms with Crippen LogP contribution in [0, 0.1) is 17.8 Å². The largest absolute Gasteiger partial charge is 0.0835 e. The molecule has 0 saturated carbocycles. The SMILES string of the molecule is Clc1c(Cl)c(Cl)c([C](c2c(Cl)c(Cl)c(Cl)c(Cl)c2Cl)c2c(Cl)c([C](c3c(Cl)c(Cl)c(Cl)c(Cl)c3Cl)c3c(Cl)c(Cl)c(Cl)c(Cl)c3Cl)c(Cl)c([C](c3c(Cl)c(Cl)c(Cl)c(Cl)c3Cl)c3c(Cl)c(Cl)c(Cl)c(Cl)c3Cl)c2Cl)c(Cl)c1Cl. The normalized spacial score (nSPS) is 12.0. The van der Waals surface area contributed by atoms with Gasteiger partial charge in [0.2, 0.25) is 0 Å². The van der Waals surface area contributed by atoms with Crippen molar-refractivity contribution in [3.63, 3.8) is 0 Å². The average molecular weight is 1710 g/mol. The first kappa shape index (κ1) is 69.6. The molecular weight excluding hydrogens is 1710 g/mol. The molecule has 0 fully saturated rings. The second-order valence-electron chi connectivity index (χ2n) is 14.9. The molecule has 0 aliphatic heterocycles. The molecule has 0 nitrogen and oxygen atoms in total. The van der Waals surface area contributed by atoms with Gasteiger partial charge in [-0.2, -0.15) is 0 Å². The summed E-state index contributed by atoms with van der Waals surface area (Å²) in [5, 5.41) is -15.2. The highest BCUT2D eigenvalue weighted by molar-refractivity contribution is 6.62. The average Bonchev–Trinajstić information content (AvgIpc) is 3.58. The van der Waals surface area contributed by atoms with Crippen LogP contribution in [0.3, 0.4) is 0 Å². The molecule has 0 saturated heterocycles. The van der Waals surface area contributed by atoms with E-state index in [4.69, 9.17) is 383 Å². The van der Waals surface area contributed by atoms with Crippen molar-refractivity contribution in [1.29, 1.82) is 0 Å². The first-order valence-electron chi connectivity index (χ1n) is 19.0. The van der Waals surface area contributed by atoms with Gasteiger partial charge in [-0.1, -0.05) is 383 Å². The van der Waals surface area contributed by atoms with Crippen molar-refractivity contribution in [2.45, 2.75) is 0 Å². The van der Waals surface area contributed by atoms with Crippen LogP contribution in [-0.2, 0) is 0 Å². The maximum atomic E-state index is 7.95. The molecule has 0 N–H and O–H groups in total. The zero-order valence-electron chi connectivity index (χ0n) is 35.0. The third kappa shape index (κ3) is 11.6. The third-order valence-corrected chi connectivity index (χ3v) is 25.6. The molecule has 0 atom stereocenters. The van der Waals surface area contributed by atoms with Crippen LogP contribution in [0.25, 0.3) is 0 Å². The Balaban J connectivity index is 1.99. The van der Waals surface area contributed by atoms with Gasteiger partial charge in [0.25, 0.3) is 0 Å². The van der Waals surface area contributed by atoms with Crippen molar-refractivity contribution in [3.05, 3.63) is 234 Å². The van der Waals surface area contributed by atoms with Crippen molar-refractivity contribution >= 4 is 383 Å². The Hall–Kier alpha value is 4.11. The predicted molar refractivity (Wildman–Crippen MR) is 352 cm³/mol. The van der Waals surface area contributed by atoms with Crippen molar-refractivity contribution < 1.29 is 0 Å². The molecule has 0 amide bonds. The summed E-state index contributed by atoms with van der Waals surface area (Å²) in [6.45, 7) is 0. The highest BCUT2D eigenvalue weighted by atomic mass is 35.5. The quantitative estimate of drug-likeness (QED) is 0.0768. The van der Waals surface area contributed by atoms with Crippen LogP contribution < -0.4 is 0 Å². The molecule has 411 valence electrons. The lowest BCUT2D eigenvalue weighted by molar-refractivity contribution is 1.15. The Bertz CT molecular complexity index is 3020. The maximum absolute atomic E-state index is 7.95. The smallest absolute Gasteiger partial charge is 0.0809 e. The van der Waals surface area contributed by atoms with E-state index < -0.39 is 203 Å². The summed E-state index contributed by atoms with van der Waals surface area (Å²) < 4.78 is 0. The van der Waals surface area contributed by atoms with Gasteiger partial charge in [-0.05, 0) is 0 Å². The van der Waals surface area contributed by atoms with Gasteiger partial charge in [-0.15, -0.1) is 0 Å². The minimum atomic E-state index is -0.667. The Morgan fingerprint density at radius 2 is 0.154 bits per heavy atom. The van der Waals surface area contributed by atoms with Gasteiger partial charge in [-0.3, -0.25) is 0 Å². The van der Waals surface area contributed by atoms with Crippen LogP contribution >= 0.6 is 383 Å². The van der Waals surface area contributed by atoms with Gasteiger partial charge in [0.05, 0.1) is 184 Å². The molecule has 0 spiro atoms. The lowest BCUT2D eigenvalue weighted by atomic mass is 9.75. The number of hydrogen-bond donors (Lipinski definition) is 0. The number of rotatable bonds is 9. The minimum absolute atomic E-state index is 0.357. The highest BCUT2D eigenvalue weighted by Gasteiger charge is 2.46. The monoisotopic (exact) mass is 1690 g/mol. The molecule has 33 heteroatoms. The van der Waals surface area contributed by atoms with E-state index in [9.17, 15) is 0 Å². The molecule has 0 aromatic heterocycles. The topological polar surface area (TPSA) is 0 Å². The molecule has 0 unspecified atom stereocenters. The molecule has 7 rings (SSSR count). The van der Waals surface area contributed by atoms with E-state index in [0.717, 1.165) is 0 Å². The summed E-state index contributed by atoms with van der Waals surface area (Å²) >= 11 is 232. The Labute approximate surface area is 607 Å². The van der Waals surface area contributed by atoms with Crippen molar-refractivity contribution in [2.24, 2.45) is 0 Å². The number of halogens is 33. The molecule has 0 aliphatic rings. The van der Waals surface area contributed by atoms with Crippen LogP contribution in [-0.4, -0.2) is 0 Å². The molecule has 7 aromatic carbocycles. The molecule has 7 aromatic rings. The van der Waals surface area contributed by atoms with E-state index >= 15 is 0 Å². The fourth-order valence-electron chi connectivity index (χ4n) is 7.39. The summed E-state index contributed by atoms with van der Waals surface area (Å²) in [4.78, 5) is 0. The van der Waals surface area contributed by atoms with Crippen LogP contribution in [0.1, 0.15) is 50.1 Å². The van der Waals surface area contributed by atoms with E-state index in [0.29, 0.717) is 0 Å². The van der Waals surface area contributed by atoms with Crippen LogP contribution in [0.5, 0.6) is 0 Å². The molecule has 0 aliphatic carbocycles. The van der Waals surface area contributed by atoms with Gasteiger partial charge in [0, 0.05) is 50.1 Å². The van der Waals surface area contributed by atoms with E-state index in [1.165, 1.54) is 0 Å². The van der Waals surface area contributed by atoms with Crippen LogP contribution in [0.4, 0.5) is 0 Å². The summed E-state index contributed by atoms with van der Waals surface area (Å²) in [5.41, 5.74) is -4.23. The predicted octanol–water partition coefficient (Wildman–Crippen LogP) is 32.3. The Kier molecular flexibility index (Phi) is 24.0. The maximum Gasteiger partial charge on any atom is 0.0809 e. The standard InChI is InChI=1S/C45Cl33/c46-13-4(1(7-16(49)28(61)40(73)29(62)17(7)50)8-18(51)30(63)41(74)31(64)19(8)52)14(47)6(3(11-24(57)36(69)44(77)37(70)25(11)58)12-26(59)38(71)45(78)39(72)27(12)60)15(48)5(13)2(9-20(53)32(65)42(75)33(66)21(9)54)10-22(55)34(67)43(76)35(68)23(10)56. The second kappa shape index (κ2) is 26.9. The summed E-state index contributed by atoms with van der Waals surface area (Å²) in [5.74, 6) is -1.47. The molecule has 3 radical (unpaired) electrons. The summed E-state index contributed by atoms with van der Waals surface area (Å²) in [6, 6.07) is 0. The molecular formula is C45Cl33. The minimum Gasteiger partial charge on any atom is -0.0835 e. The summed E-state index contributed by atoms with van der Waals surface area (Å²) in [6.07, 6.45) is 0. The Morgan fingerprint density at radius 3 is 0.244 bits per heavy atom. The van der Waals surface area contributed by atoms with E-state index in [2.05, 4.69) is 0 Å². The lowest BCUT2D eigenvalue weighted by Gasteiger charge is -2.34. The summed E-state index contributed by atoms with van der Waals surface area (Å²) in [7, 11) is 0. The fraction of sp³-hybridized carbons (Fsp3) is 0. The molecule has 78 heavy (non-hydrogen) atoms. The molecule has 0 bridgehead atoms. The van der Waals surface area contributed by atoms with Crippen molar-refractivity contribution in [1.82, 2.24) is 0 Å². The third-order valence-electron chi connectivity index (χ3n) is 10.8. The number of benzene rings is 7. The van der Waals surface area contributed by atoms with Gasteiger partial charge in [-0.25, -0.2) is 0 Å². The second-order valence-corrected chi connectivity index (χ2v) is 27.3. The van der Waals surface area contributed by atoms with Gasteiger partial charge in [0.15, 0.2) is 0 Å². The first-order chi connectivity index (χ1) is 36.1. The van der Waals surface area contributed by atoms with E-state index in [1.54, 1.807) is 0 Å². The fourth-order valence-corrected chi connectivity index (χ4v) is 16.6. The van der Waals surface area contributed by atoms with Crippen LogP contribution in [0.2, 0.25) is 166 Å². The first-order valence-corrected chi connectivity index (χ1v) is 31.5. The van der Waals surface area contributed by atoms with Gasteiger partial charge in [0.1, 0.15) is 0 Å². The van der Waals surface area contributed by atoms with E-state index in [-0.39, 0.29) is 30.1 Å². The molecule has 0 heterocycles. The van der Waals surface area contributed by atoms with Crippen molar-refractivity contribution in [2.75, 3.05) is 0 Å². The lowest BCUT2D eigenvalue weighted by Crippen LogP contribution is -2.19. The van der Waals surface area contributed by atoms with Gasteiger partial charge >= 0.3 is 0 Å². The van der Waals surface area contributed by atoms with Gasteiger partial charge < -0.3 is 0 Å².